The van der Waals surface area contributed by atoms with E-state index in [-0.39, 0.29) is 83.8 Å². The Morgan fingerprint density at radius 1 is 1.03 bits per heavy atom. The normalized spacial score (nSPS) is 42.0. The maximum atomic E-state index is 13.0. The van der Waals surface area contributed by atoms with Crippen LogP contribution in [0.3, 0.4) is 0 Å². The van der Waals surface area contributed by atoms with E-state index in [1.807, 2.05) is 0 Å². The average Bonchev–Trinajstić information content (AvgIpc) is 3.21. The number of amides is 2. The lowest BCUT2D eigenvalue weighted by Crippen LogP contribution is -2.62. The molecule has 0 aromatic carbocycles. The van der Waals surface area contributed by atoms with Crippen molar-refractivity contribution in [1.29, 1.82) is 0 Å². The fourth-order valence-electron chi connectivity index (χ4n) is 9.66. The molecule has 0 heterocycles. The molecule has 2 amide bonds. The van der Waals surface area contributed by atoms with Crippen LogP contribution in [0.2, 0.25) is 0 Å². The third kappa shape index (κ3) is 5.73. The van der Waals surface area contributed by atoms with E-state index < -0.39 is 24.7 Å². The second-order valence-electron chi connectivity index (χ2n) is 13.7. The molecule has 222 valence electrons. The van der Waals surface area contributed by atoms with Crippen LogP contribution in [0.15, 0.2) is 0 Å². The van der Waals surface area contributed by atoms with Crippen LogP contribution in [0.25, 0.3) is 0 Å². The molecule has 4 aliphatic rings. The van der Waals surface area contributed by atoms with Gasteiger partial charge in [-0.25, -0.2) is 0 Å². The highest BCUT2D eigenvalue weighted by atomic mass is 16.4. The number of aliphatic carboxylic acids is 1. The Labute approximate surface area is 232 Å². The maximum Gasteiger partial charge on any atom is 0.323 e. The van der Waals surface area contributed by atoms with Gasteiger partial charge in [0.05, 0.1) is 18.3 Å². The Morgan fingerprint density at radius 3 is 2.41 bits per heavy atom. The molecule has 4 fully saturated rings. The van der Waals surface area contributed by atoms with Gasteiger partial charge in [-0.1, -0.05) is 20.8 Å². The summed E-state index contributed by atoms with van der Waals surface area (Å²) >= 11 is 0. The Bertz CT molecular complexity index is 929. The standard InChI is InChI=1S/C30H50N2O7/c1-17(5-8-26(37)32(16-27(38)39)12-11-31-18(2)33)21-6-7-22-28-23(15-25(36)30(21,22)4)29(3)10-9-20(34)13-19(29)14-24(28)35/h17,19-25,28,34-36H,5-16H2,1-4H3,(H,31,33)(H,38,39)/t17?,19-,20+,21+,22-,23-,24+,25-,28-,29-,30+/m0/s1. The molecule has 9 nitrogen and oxygen atoms in total. The number of aliphatic hydroxyl groups is 3. The Kier molecular flexibility index (Phi) is 9.04. The fourth-order valence-corrected chi connectivity index (χ4v) is 9.66. The van der Waals surface area contributed by atoms with E-state index >= 15 is 0 Å². The zero-order valence-electron chi connectivity index (χ0n) is 24.1. The monoisotopic (exact) mass is 550 g/mol. The van der Waals surface area contributed by atoms with Crippen LogP contribution in [0.5, 0.6) is 0 Å². The Morgan fingerprint density at radius 2 is 1.74 bits per heavy atom. The number of carbonyl (C=O) groups is 3. The summed E-state index contributed by atoms with van der Waals surface area (Å²) in [5.74, 6) is -0.276. The largest absolute Gasteiger partial charge is 0.480 e. The van der Waals surface area contributed by atoms with Gasteiger partial charge in [-0.15, -0.1) is 0 Å². The van der Waals surface area contributed by atoms with Crippen LogP contribution < -0.4 is 5.32 Å². The quantitative estimate of drug-likeness (QED) is 0.296. The molecule has 0 aromatic rings. The van der Waals surface area contributed by atoms with Crippen molar-refractivity contribution in [2.45, 2.75) is 104 Å². The first kappa shape index (κ1) is 30.3. The SMILES string of the molecule is CC(=O)NCCN(CC(=O)O)C(=O)CCC(C)[C@H]1CC[C@H]2[C@@H]3[C@H](O)C[C@@H]4C[C@H](O)CC[C@]4(C)[C@H]3C[C@H](O)[C@]12C. The number of nitrogens with zero attached hydrogens (tertiary/aromatic N) is 1. The van der Waals surface area contributed by atoms with E-state index in [9.17, 15) is 34.8 Å². The molecular formula is C30H50N2O7. The van der Waals surface area contributed by atoms with Crippen LogP contribution >= 0.6 is 0 Å². The van der Waals surface area contributed by atoms with Gasteiger partial charge in [0.25, 0.3) is 0 Å². The predicted molar refractivity (Wildman–Crippen MR) is 145 cm³/mol. The molecule has 0 saturated heterocycles. The van der Waals surface area contributed by atoms with Crippen molar-refractivity contribution in [2.75, 3.05) is 19.6 Å². The lowest BCUT2D eigenvalue weighted by Gasteiger charge is -2.63. The number of carboxylic acid groups (broad SMARTS) is 1. The number of carbonyl (C=O) groups excluding carboxylic acids is 2. The molecule has 4 rings (SSSR count). The summed E-state index contributed by atoms with van der Waals surface area (Å²) in [6.45, 7) is 8.02. The minimum absolute atomic E-state index is 0.0341. The van der Waals surface area contributed by atoms with Crippen LogP contribution in [0.1, 0.15) is 85.5 Å². The van der Waals surface area contributed by atoms with Crippen molar-refractivity contribution >= 4 is 17.8 Å². The second-order valence-corrected chi connectivity index (χ2v) is 13.7. The van der Waals surface area contributed by atoms with Gasteiger partial charge in [-0.3, -0.25) is 14.4 Å². The van der Waals surface area contributed by atoms with E-state index in [1.54, 1.807) is 0 Å². The number of hydrogen-bond donors (Lipinski definition) is 5. The molecule has 4 saturated carbocycles. The van der Waals surface area contributed by atoms with Gasteiger partial charge in [0.15, 0.2) is 0 Å². The molecule has 0 bridgehead atoms. The summed E-state index contributed by atoms with van der Waals surface area (Å²) in [6, 6.07) is 0. The highest BCUT2D eigenvalue weighted by Crippen LogP contribution is 2.68. The molecule has 0 spiro atoms. The minimum Gasteiger partial charge on any atom is -0.480 e. The first-order chi connectivity index (χ1) is 18.3. The molecule has 9 heteroatoms. The topological polar surface area (TPSA) is 147 Å². The third-order valence-electron chi connectivity index (χ3n) is 11.8. The zero-order valence-corrected chi connectivity index (χ0v) is 24.1. The van der Waals surface area contributed by atoms with Gasteiger partial charge >= 0.3 is 5.97 Å². The molecule has 5 N–H and O–H groups in total. The second kappa shape index (κ2) is 11.6. The zero-order chi connectivity index (χ0) is 28.7. The molecule has 39 heavy (non-hydrogen) atoms. The molecular weight excluding hydrogens is 500 g/mol. The molecule has 0 radical (unpaired) electrons. The van der Waals surface area contributed by atoms with Crippen LogP contribution in [0.4, 0.5) is 0 Å². The van der Waals surface area contributed by atoms with Crippen LogP contribution in [0, 0.1) is 46.3 Å². The molecule has 11 atom stereocenters. The fraction of sp³-hybridized carbons (Fsp3) is 0.900. The highest BCUT2D eigenvalue weighted by Gasteiger charge is 2.65. The number of hydrogen-bond acceptors (Lipinski definition) is 6. The number of carboxylic acids is 1. The summed E-state index contributed by atoms with van der Waals surface area (Å²) in [6.07, 6.45) is 5.42. The number of fused-ring (bicyclic) bond motifs is 5. The van der Waals surface area contributed by atoms with Crippen molar-refractivity contribution in [1.82, 2.24) is 10.2 Å². The summed E-state index contributed by atoms with van der Waals surface area (Å²) in [4.78, 5) is 36.8. The minimum atomic E-state index is -1.08. The lowest BCUT2D eigenvalue weighted by atomic mass is 9.43. The number of aliphatic hydroxyl groups excluding tert-OH is 3. The van der Waals surface area contributed by atoms with E-state index in [2.05, 4.69) is 26.1 Å². The van der Waals surface area contributed by atoms with E-state index in [4.69, 9.17) is 0 Å². The molecule has 4 aliphatic carbocycles. The third-order valence-corrected chi connectivity index (χ3v) is 11.8. The predicted octanol–water partition coefficient (Wildman–Crippen LogP) is 2.41. The lowest BCUT2D eigenvalue weighted by molar-refractivity contribution is -0.207. The van der Waals surface area contributed by atoms with Crippen molar-refractivity contribution in [3.8, 4) is 0 Å². The first-order valence-corrected chi connectivity index (χ1v) is 15.1. The van der Waals surface area contributed by atoms with E-state index in [0.717, 1.165) is 38.5 Å². The number of rotatable bonds is 9. The van der Waals surface area contributed by atoms with Gasteiger partial charge in [0.2, 0.25) is 11.8 Å². The highest BCUT2D eigenvalue weighted by molar-refractivity contribution is 5.81. The number of nitrogens with one attached hydrogen (secondary N) is 1. The van der Waals surface area contributed by atoms with Crippen molar-refractivity contribution in [3.05, 3.63) is 0 Å². The Balaban J connectivity index is 1.44. The maximum absolute atomic E-state index is 13.0. The Hall–Kier alpha value is -1.71. The van der Waals surface area contributed by atoms with Crippen LogP contribution in [-0.4, -0.2) is 81.1 Å². The van der Waals surface area contributed by atoms with Gasteiger partial charge < -0.3 is 30.6 Å². The molecule has 0 aromatic heterocycles. The molecule has 0 aliphatic heterocycles. The van der Waals surface area contributed by atoms with Crippen molar-refractivity contribution in [3.63, 3.8) is 0 Å². The van der Waals surface area contributed by atoms with Gasteiger partial charge in [0, 0.05) is 26.4 Å². The van der Waals surface area contributed by atoms with Gasteiger partial charge in [-0.2, -0.15) is 0 Å². The molecule has 1 unspecified atom stereocenters. The smallest absolute Gasteiger partial charge is 0.323 e. The van der Waals surface area contributed by atoms with Gasteiger partial charge in [0.1, 0.15) is 6.54 Å². The average molecular weight is 551 g/mol. The van der Waals surface area contributed by atoms with Crippen LogP contribution in [-0.2, 0) is 14.4 Å². The summed E-state index contributed by atoms with van der Waals surface area (Å²) in [5.41, 5.74) is -0.305. The first-order valence-electron chi connectivity index (χ1n) is 15.1. The van der Waals surface area contributed by atoms with Crippen molar-refractivity contribution in [2.24, 2.45) is 46.3 Å². The summed E-state index contributed by atoms with van der Waals surface area (Å²) in [5, 5.41) is 45.4. The van der Waals surface area contributed by atoms with Gasteiger partial charge in [-0.05, 0) is 97.7 Å². The van der Waals surface area contributed by atoms with E-state index in [1.165, 1.54) is 11.8 Å². The summed E-state index contributed by atoms with van der Waals surface area (Å²) < 4.78 is 0. The van der Waals surface area contributed by atoms with Crippen molar-refractivity contribution < 1.29 is 34.8 Å². The summed E-state index contributed by atoms with van der Waals surface area (Å²) in [7, 11) is 0. The van der Waals surface area contributed by atoms with E-state index in [0.29, 0.717) is 12.8 Å².